The summed E-state index contributed by atoms with van der Waals surface area (Å²) in [5, 5.41) is 0. The molecule has 0 radical (unpaired) electrons. The average molecular weight is 413 g/mol. The maximum absolute atomic E-state index is 12.2. The number of aryl methyl sites for hydroxylation is 2. The van der Waals surface area contributed by atoms with Gasteiger partial charge in [0.2, 0.25) is 0 Å². The number of amides is 1. The van der Waals surface area contributed by atoms with Gasteiger partial charge in [-0.15, -0.1) is 0 Å². The standard InChI is InChI=1S/C15H14INO3S/c1-10-3-6-12(7-4-10)21(19,20)17-15(18)13-9-11(2)5-8-14(13)16/h3-9H,1-2H3,(H,17,18)/i16-2. The second-order valence-electron chi connectivity index (χ2n) is 4.73. The second-order valence-corrected chi connectivity index (χ2v) is 7.58. The highest BCUT2D eigenvalue weighted by molar-refractivity contribution is 14.1. The van der Waals surface area contributed by atoms with Crippen molar-refractivity contribution in [1.29, 1.82) is 0 Å². The van der Waals surface area contributed by atoms with Crippen LogP contribution >= 0.6 is 22.6 Å². The van der Waals surface area contributed by atoms with Crippen LogP contribution in [0.3, 0.4) is 0 Å². The van der Waals surface area contributed by atoms with Gasteiger partial charge in [-0.3, -0.25) is 4.79 Å². The summed E-state index contributed by atoms with van der Waals surface area (Å²) in [6.45, 7) is 3.71. The summed E-state index contributed by atoms with van der Waals surface area (Å²) in [4.78, 5) is 12.3. The molecule has 0 spiro atoms. The van der Waals surface area contributed by atoms with E-state index in [1.165, 1.54) is 12.1 Å². The van der Waals surface area contributed by atoms with E-state index in [-0.39, 0.29) is 4.90 Å². The first kappa shape index (κ1) is 16.0. The average Bonchev–Trinajstić information content (AvgIpc) is 2.41. The monoisotopic (exact) mass is 413 g/mol. The molecule has 0 saturated heterocycles. The minimum atomic E-state index is -3.86. The fraction of sp³-hybridized carbons (Fsp3) is 0.133. The van der Waals surface area contributed by atoms with E-state index >= 15 is 0 Å². The lowest BCUT2D eigenvalue weighted by atomic mass is 10.1. The highest BCUT2D eigenvalue weighted by atomic mass is 125. The van der Waals surface area contributed by atoms with E-state index in [1.54, 1.807) is 24.3 Å². The number of sulfonamides is 1. The normalized spacial score (nSPS) is 11.2. The Morgan fingerprint density at radius 1 is 1.00 bits per heavy atom. The van der Waals surface area contributed by atoms with Crippen molar-refractivity contribution in [2.75, 3.05) is 0 Å². The number of halogens is 1. The van der Waals surface area contributed by atoms with Crippen molar-refractivity contribution >= 4 is 38.5 Å². The Kier molecular flexibility index (Phi) is 4.67. The van der Waals surface area contributed by atoms with Crippen LogP contribution in [0.4, 0.5) is 0 Å². The molecule has 1 N–H and O–H groups in total. The number of nitrogens with one attached hydrogen (secondary N) is 1. The molecule has 0 fully saturated rings. The SMILES string of the molecule is Cc1ccc(S(=O)(=O)NC(=O)c2cc(C)ccc2[125I])cc1. The lowest BCUT2D eigenvalue weighted by Crippen LogP contribution is -2.31. The lowest BCUT2D eigenvalue weighted by Gasteiger charge is -2.09. The first-order valence-corrected chi connectivity index (χ1v) is 8.76. The third kappa shape index (κ3) is 3.82. The summed E-state index contributed by atoms with van der Waals surface area (Å²) in [5.41, 5.74) is 2.20. The fourth-order valence-corrected chi connectivity index (χ4v) is 3.31. The van der Waals surface area contributed by atoms with E-state index in [4.69, 9.17) is 0 Å². The van der Waals surface area contributed by atoms with E-state index < -0.39 is 15.9 Å². The summed E-state index contributed by atoms with van der Waals surface area (Å²) in [6.07, 6.45) is 0. The first-order chi connectivity index (χ1) is 9.79. The molecule has 0 aliphatic rings. The largest absolute Gasteiger partial charge is 0.268 e. The molecule has 2 aromatic rings. The molecule has 0 saturated carbocycles. The molecule has 4 nitrogen and oxygen atoms in total. The second kappa shape index (κ2) is 6.15. The summed E-state index contributed by atoms with van der Waals surface area (Å²) >= 11 is 2.01. The fourth-order valence-electron chi connectivity index (χ4n) is 1.77. The Morgan fingerprint density at radius 2 is 1.57 bits per heavy atom. The molecule has 0 atom stereocenters. The zero-order chi connectivity index (χ0) is 15.6. The maximum Gasteiger partial charge on any atom is 0.266 e. The lowest BCUT2D eigenvalue weighted by molar-refractivity contribution is 0.0980. The van der Waals surface area contributed by atoms with Gasteiger partial charge >= 0.3 is 0 Å². The van der Waals surface area contributed by atoms with Crippen LogP contribution in [0.5, 0.6) is 0 Å². The van der Waals surface area contributed by atoms with Gasteiger partial charge in [0.05, 0.1) is 10.5 Å². The molecule has 0 aliphatic carbocycles. The van der Waals surface area contributed by atoms with E-state index in [9.17, 15) is 13.2 Å². The molecule has 110 valence electrons. The molecule has 2 rings (SSSR count). The molecule has 0 aliphatic heterocycles. The van der Waals surface area contributed by atoms with Gasteiger partial charge in [0, 0.05) is 3.57 Å². The van der Waals surface area contributed by atoms with Crippen LogP contribution in [0.15, 0.2) is 47.4 Å². The van der Waals surface area contributed by atoms with Crippen LogP contribution in [0.2, 0.25) is 0 Å². The van der Waals surface area contributed by atoms with Crippen molar-refractivity contribution in [3.05, 3.63) is 62.7 Å². The van der Waals surface area contributed by atoms with Crippen molar-refractivity contribution in [2.24, 2.45) is 0 Å². The highest BCUT2D eigenvalue weighted by Gasteiger charge is 2.20. The van der Waals surface area contributed by atoms with Gasteiger partial charge in [0.1, 0.15) is 0 Å². The minimum Gasteiger partial charge on any atom is -0.268 e. The molecule has 0 aromatic heterocycles. The van der Waals surface area contributed by atoms with Crippen LogP contribution in [0.25, 0.3) is 0 Å². The number of carbonyl (C=O) groups excluding carboxylic acids is 1. The minimum absolute atomic E-state index is 0.0733. The smallest absolute Gasteiger partial charge is 0.266 e. The summed E-state index contributed by atoms with van der Waals surface area (Å²) < 4.78 is 27.2. The van der Waals surface area contributed by atoms with Gasteiger partial charge < -0.3 is 0 Å². The molecule has 2 aromatic carbocycles. The topological polar surface area (TPSA) is 63.2 Å². The van der Waals surface area contributed by atoms with Crippen molar-refractivity contribution in [3.8, 4) is 0 Å². The molecule has 0 unspecified atom stereocenters. The number of rotatable bonds is 3. The zero-order valence-corrected chi connectivity index (χ0v) is 14.5. The van der Waals surface area contributed by atoms with Crippen molar-refractivity contribution in [2.45, 2.75) is 18.7 Å². The predicted octanol–water partition coefficient (Wildman–Crippen LogP) is 3.03. The third-order valence-corrected chi connectivity index (χ3v) is 5.21. The number of hydrogen-bond acceptors (Lipinski definition) is 3. The van der Waals surface area contributed by atoms with Crippen molar-refractivity contribution < 1.29 is 13.2 Å². The van der Waals surface area contributed by atoms with E-state index in [1.807, 2.05) is 42.5 Å². The molecule has 6 heteroatoms. The summed E-state index contributed by atoms with van der Waals surface area (Å²) in [5.74, 6) is -0.622. The van der Waals surface area contributed by atoms with Crippen LogP contribution in [0.1, 0.15) is 21.5 Å². The quantitative estimate of drug-likeness (QED) is 0.787. The first-order valence-electron chi connectivity index (χ1n) is 6.19. The van der Waals surface area contributed by atoms with Gasteiger partial charge in [-0.05, 0) is 60.7 Å². The van der Waals surface area contributed by atoms with Gasteiger partial charge in [0.15, 0.2) is 0 Å². The summed E-state index contributed by atoms with van der Waals surface area (Å²) in [6, 6.07) is 11.7. The molecular formula is C15H14INO3S. The van der Waals surface area contributed by atoms with Gasteiger partial charge in [-0.1, -0.05) is 29.3 Å². The van der Waals surface area contributed by atoms with Crippen LogP contribution in [-0.4, -0.2) is 14.3 Å². The predicted molar refractivity (Wildman–Crippen MR) is 89.7 cm³/mol. The third-order valence-electron chi connectivity index (χ3n) is 2.92. The Hall–Kier alpha value is -1.41. The van der Waals surface area contributed by atoms with Gasteiger partial charge in [-0.2, -0.15) is 0 Å². The molecule has 0 bridgehead atoms. The van der Waals surface area contributed by atoms with Crippen molar-refractivity contribution in [1.82, 2.24) is 4.72 Å². The van der Waals surface area contributed by atoms with Crippen molar-refractivity contribution in [3.63, 3.8) is 0 Å². The van der Waals surface area contributed by atoms with Gasteiger partial charge in [-0.25, -0.2) is 13.1 Å². The van der Waals surface area contributed by atoms with E-state index in [0.717, 1.165) is 11.1 Å². The zero-order valence-electron chi connectivity index (χ0n) is 11.6. The van der Waals surface area contributed by atoms with Crippen LogP contribution in [-0.2, 0) is 10.0 Å². The molecule has 1 amide bonds. The Labute approximate surface area is 137 Å². The Bertz CT molecular complexity index is 783. The van der Waals surface area contributed by atoms with E-state index in [0.29, 0.717) is 9.13 Å². The molecular weight excluding hydrogens is 399 g/mol. The number of hydrogen-bond donors (Lipinski definition) is 1. The Morgan fingerprint density at radius 3 is 2.19 bits per heavy atom. The highest BCUT2D eigenvalue weighted by Crippen LogP contribution is 2.16. The molecule has 0 heterocycles. The molecule has 21 heavy (non-hydrogen) atoms. The van der Waals surface area contributed by atoms with E-state index in [2.05, 4.69) is 4.72 Å². The Balaban J connectivity index is 2.30. The number of carbonyl (C=O) groups is 1. The summed E-state index contributed by atoms with van der Waals surface area (Å²) in [7, 11) is -3.86. The van der Waals surface area contributed by atoms with Gasteiger partial charge in [0.25, 0.3) is 15.9 Å². The van der Waals surface area contributed by atoms with Crippen LogP contribution in [0, 0.1) is 17.4 Å². The van der Waals surface area contributed by atoms with Crippen LogP contribution < -0.4 is 4.72 Å². The maximum atomic E-state index is 12.2. The number of benzene rings is 2.